The highest BCUT2D eigenvalue weighted by Gasteiger charge is 2.34. The molecule has 0 saturated carbocycles. The largest absolute Gasteiger partial charge is 0.497 e. The summed E-state index contributed by atoms with van der Waals surface area (Å²) in [5, 5.41) is 3.38. The molecular formula is C18H27NO3. The van der Waals surface area contributed by atoms with Crippen LogP contribution in [0.4, 0.5) is 5.69 Å². The number of hydrogen-bond donors (Lipinski definition) is 1. The van der Waals surface area contributed by atoms with Crippen LogP contribution in [0.1, 0.15) is 45.1 Å². The maximum atomic E-state index is 12.3. The van der Waals surface area contributed by atoms with Crippen molar-refractivity contribution in [2.45, 2.75) is 52.0 Å². The molecule has 1 aromatic rings. The van der Waals surface area contributed by atoms with Crippen LogP contribution in [0.5, 0.6) is 5.75 Å². The molecule has 1 heterocycles. The smallest absolute Gasteiger partial charge is 0.328 e. The molecule has 0 amide bonds. The van der Waals surface area contributed by atoms with Gasteiger partial charge in [-0.2, -0.15) is 0 Å². The Morgan fingerprint density at radius 1 is 1.32 bits per heavy atom. The van der Waals surface area contributed by atoms with E-state index < -0.39 is 0 Å². The van der Waals surface area contributed by atoms with Crippen molar-refractivity contribution in [3.05, 3.63) is 23.8 Å². The van der Waals surface area contributed by atoms with Crippen LogP contribution in [-0.4, -0.2) is 25.7 Å². The summed E-state index contributed by atoms with van der Waals surface area (Å²) >= 11 is 0. The Hall–Kier alpha value is -1.71. The average Bonchev–Trinajstić information content (AvgIpc) is 2.54. The lowest BCUT2D eigenvalue weighted by atomic mass is 9.83. The second-order valence-corrected chi connectivity index (χ2v) is 5.86. The molecule has 2 rings (SSSR count). The lowest BCUT2D eigenvalue weighted by Gasteiger charge is -2.33. The Morgan fingerprint density at radius 3 is 2.82 bits per heavy atom. The molecule has 4 nitrogen and oxygen atoms in total. The monoisotopic (exact) mass is 305 g/mol. The van der Waals surface area contributed by atoms with Crippen molar-refractivity contribution in [1.29, 1.82) is 0 Å². The van der Waals surface area contributed by atoms with Gasteiger partial charge in [0.2, 0.25) is 0 Å². The Kier molecular flexibility index (Phi) is 6.10. The quantitative estimate of drug-likeness (QED) is 0.615. The first kappa shape index (κ1) is 16.7. The summed E-state index contributed by atoms with van der Waals surface area (Å²) in [5.41, 5.74) is 2.24. The summed E-state index contributed by atoms with van der Waals surface area (Å²) in [5.74, 6) is 1.01. The van der Waals surface area contributed by atoms with Gasteiger partial charge in [0.15, 0.2) is 0 Å². The number of fused-ring (bicyclic) bond motifs is 1. The van der Waals surface area contributed by atoms with Crippen LogP contribution in [0.2, 0.25) is 0 Å². The average molecular weight is 305 g/mol. The van der Waals surface area contributed by atoms with Gasteiger partial charge >= 0.3 is 5.97 Å². The zero-order valence-corrected chi connectivity index (χ0v) is 13.9. The molecule has 0 aromatic heterocycles. The van der Waals surface area contributed by atoms with Crippen molar-refractivity contribution in [2.24, 2.45) is 5.92 Å². The molecule has 122 valence electrons. The number of anilines is 1. The minimum Gasteiger partial charge on any atom is -0.497 e. The predicted molar refractivity (Wildman–Crippen MR) is 88.4 cm³/mol. The summed E-state index contributed by atoms with van der Waals surface area (Å²) in [6.45, 7) is 4.47. The van der Waals surface area contributed by atoms with E-state index in [0.717, 1.165) is 30.7 Å². The summed E-state index contributed by atoms with van der Waals surface area (Å²) in [4.78, 5) is 12.3. The number of unbranched alkanes of at least 4 members (excludes halogenated alkanes) is 2. The van der Waals surface area contributed by atoms with E-state index in [1.54, 1.807) is 7.11 Å². The van der Waals surface area contributed by atoms with E-state index in [4.69, 9.17) is 9.47 Å². The SMILES string of the molecule is CCCCC[C@@H]1Cc2cc(OC)ccc2N[C@@H]1C(=O)OCC. The highest BCUT2D eigenvalue weighted by Crippen LogP contribution is 2.34. The van der Waals surface area contributed by atoms with Crippen LogP contribution < -0.4 is 10.1 Å². The Balaban J connectivity index is 2.17. The molecule has 22 heavy (non-hydrogen) atoms. The van der Waals surface area contributed by atoms with E-state index in [1.807, 2.05) is 19.1 Å². The fraction of sp³-hybridized carbons (Fsp3) is 0.611. The number of ether oxygens (including phenoxy) is 2. The van der Waals surface area contributed by atoms with E-state index in [1.165, 1.54) is 18.4 Å². The van der Waals surface area contributed by atoms with Crippen molar-refractivity contribution in [2.75, 3.05) is 19.0 Å². The third-order valence-corrected chi connectivity index (χ3v) is 4.30. The Morgan fingerprint density at radius 2 is 2.14 bits per heavy atom. The molecule has 1 aliphatic rings. The minimum atomic E-state index is -0.238. The first-order valence-electron chi connectivity index (χ1n) is 8.29. The second-order valence-electron chi connectivity index (χ2n) is 5.86. The first-order valence-corrected chi connectivity index (χ1v) is 8.29. The normalized spacial score (nSPS) is 20.0. The molecule has 1 N–H and O–H groups in total. The highest BCUT2D eigenvalue weighted by molar-refractivity contribution is 5.81. The summed E-state index contributed by atoms with van der Waals surface area (Å²) in [6.07, 6.45) is 5.48. The van der Waals surface area contributed by atoms with E-state index in [-0.39, 0.29) is 17.9 Å². The van der Waals surface area contributed by atoms with E-state index in [9.17, 15) is 4.79 Å². The number of benzene rings is 1. The number of nitrogens with one attached hydrogen (secondary N) is 1. The van der Waals surface area contributed by atoms with E-state index in [2.05, 4.69) is 18.3 Å². The van der Waals surface area contributed by atoms with Gasteiger partial charge in [0.05, 0.1) is 13.7 Å². The van der Waals surface area contributed by atoms with Gasteiger partial charge in [-0.1, -0.05) is 26.2 Å². The molecule has 0 bridgehead atoms. The number of methoxy groups -OCH3 is 1. The van der Waals surface area contributed by atoms with Gasteiger partial charge < -0.3 is 14.8 Å². The summed E-state index contributed by atoms with van der Waals surface area (Å²) < 4.78 is 10.6. The maximum absolute atomic E-state index is 12.3. The Labute approximate surface area is 133 Å². The zero-order chi connectivity index (χ0) is 15.9. The molecule has 2 atom stereocenters. The van der Waals surface area contributed by atoms with Gasteiger partial charge in [0.25, 0.3) is 0 Å². The number of carbonyl (C=O) groups excluding carboxylic acids is 1. The standard InChI is InChI=1S/C18H27NO3/c1-4-6-7-8-13-11-14-12-15(21-3)9-10-16(14)19-17(13)18(20)22-5-2/h9-10,12-13,17,19H,4-8,11H2,1-3H3/t13-,17+/m1/s1. The van der Waals surface area contributed by atoms with Crippen molar-refractivity contribution in [1.82, 2.24) is 0 Å². The number of esters is 1. The van der Waals surface area contributed by atoms with Gasteiger partial charge in [0, 0.05) is 5.69 Å². The van der Waals surface area contributed by atoms with Crippen LogP contribution in [0.3, 0.4) is 0 Å². The zero-order valence-electron chi connectivity index (χ0n) is 13.9. The van der Waals surface area contributed by atoms with E-state index in [0.29, 0.717) is 6.61 Å². The van der Waals surface area contributed by atoms with Crippen LogP contribution >= 0.6 is 0 Å². The first-order chi connectivity index (χ1) is 10.7. The Bertz CT molecular complexity index is 501. The maximum Gasteiger partial charge on any atom is 0.328 e. The molecule has 0 saturated heterocycles. The molecule has 0 fully saturated rings. The van der Waals surface area contributed by atoms with Gasteiger partial charge in [-0.25, -0.2) is 4.79 Å². The lowest BCUT2D eigenvalue weighted by Crippen LogP contribution is -2.42. The molecule has 1 aromatic carbocycles. The topological polar surface area (TPSA) is 47.6 Å². The van der Waals surface area contributed by atoms with Crippen molar-refractivity contribution in [3.63, 3.8) is 0 Å². The van der Waals surface area contributed by atoms with Gasteiger partial charge in [-0.15, -0.1) is 0 Å². The van der Waals surface area contributed by atoms with Crippen molar-refractivity contribution >= 4 is 11.7 Å². The lowest BCUT2D eigenvalue weighted by molar-refractivity contribution is -0.145. The molecule has 4 heteroatoms. The highest BCUT2D eigenvalue weighted by atomic mass is 16.5. The van der Waals surface area contributed by atoms with Crippen LogP contribution in [0, 0.1) is 5.92 Å². The fourth-order valence-electron chi connectivity index (χ4n) is 3.10. The predicted octanol–water partition coefficient (Wildman–Crippen LogP) is 3.79. The third-order valence-electron chi connectivity index (χ3n) is 4.30. The van der Waals surface area contributed by atoms with Crippen LogP contribution in [-0.2, 0) is 16.0 Å². The minimum absolute atomic E-state index is 0.134. The summed E-state index contributed by atoms with van der Waals surface area (Å²) in [6, 6.07) is 5.74. The third kappa shape index (κ3) is 3.93. The number of rotatable bonds is 7. The van der Waals surface area contributed by atoms with Gasteiger partial charge in [-0.3, -0.25) is 0 Å². The van der Waals surface area contributed by atoms with Gasteiger partial charge in [0.1, 0.15) is 11.8 Å². The van der Waals surface area contributed by atoms with Crippen LogP contribution in [0.15, 0.2) is 18.2 Å². The van der Waals surface area contributed by atoms with Crippen molar-refractivity contribution in [3.8, 4) is 5.75 Å². The summed E-state index contributed by atoms with van der Waals surface area (Å²) in [7, 11) is 1.68. The second kappa shape index (κ2) is 8.06. The number of hydrogen-bond acceptors (Lipinski definition) is 4. The molecule has 1 aliphatic heterocycles. The van der Waals surface area contributed by atoms with Crippen LogP contribution in [0.25, 0.3) is 0 Å². The van der Waals surface area contributed by atoms with Crippen molar-refractivity contribution < 1.29 is 14.3 Å². The van der Waals surface area contributed by atoms with Gasteiger partial charge in [-0.05, 0) is 49.4 Å². The molecular weight excluding hydrogens is 278 g/mol. The fourth-order valence-corrected chi connectivity index (χ4v) is 3.10. The molecule has 0 unspecified atom stereocenters. The molecule has 0 radical (unpaired) electrons. The number of carbonyl (C=O) groups is 1. The molecule has 0 aliphatic carbocycles. The molecule has 0 spiro atoms. The van der Waals surface area contributed by atoms with E-state index >= 15 is 0 Å².